The van der Waals surface area contributed by atoms with Crippen LogP contribution in [0.3, 0.4) is 0 Å². The fourth-order valence-corrected chi connectivity index (χ4v) is 10.7. The maximum Gasteiger partial charge on any atom is 0.246 e. The molecule has 9 nitrogen and oxygen atoms in total. The van der Waals surface area contributed by atoms with Crippen LogP contribution in [-0.4, -0.2) is 67.7 Å². The van der Waals surface area contributed by atoms with Crippen LogP contribution in [0, 0.1) is 19.8 Å². The van der Waals surface area contributed by atoms with Gasteiger partial charge in [0.25, 0.3) is 0 Å². The van der Waals surface area contributed by atoms with Crippen molar-refractivity contribution in [2.24, 2.45) is 5.92 Å². The topological polar surface area (TPSA) is 110 Å². The van der Waals surface area contributed by atoms with Gasteiger partial charge in [0.05, 0.1) is 22.3 Å². The summed E-state index contributed by atoms with van der Waals surface area (Å²) in [6.45, 7) is 8.71. The number of benzene rings is 2. The van der Waals surface area contributed by atoms with Gasteiger partial charge in [0.15, 0.2) is 0 Å². The number of aryl methyl sites for hydroxylation is 1. The van der Waals surface area contributed by atoms with Crippen molar-refractivity contribution in [2.75, 3.05) is 26.2 Å². The molecule has 2 aliphatic rings. The van der Waals surface area contributed by atoms with E-state index in [1.54, 1.807) is 15.5 Å². The van der Waals surface area contributed by atoms with Crippen LogP contribution in [0.25, 0.3) is 0 Å². The molecule has 1 aliphatic carbocycles. The SMILES string of the molecule is Cc1nn(C2CCCCC2)c(C)c1S(=O)(=O)N1CCC(CN(CC(C)C)S(=O)(=O)c2ccc(C=O)cc2)(c2ccccc2)CC1. The van der Waals surface area contributed by atoms with E-state index in [1.165, 1.54) is 30.7 Å². The first-order chi connectivity index (χ1) is 21.4. The maximum atomic E-state index is 14.2. The Morgan fingerprint density at radius 3 is 2.13 bits per heavy atom. The molecule has 244 valence electrons. The lowest BCUT2D eigenvalue weighted by molar-refractivity contribution is 0.112. The van der Waals surface area contributed by atoms with Gasteiger partial charge in [-0.05, 0) is 63.1 Å². The Bertz CT molecular complexity index is 1690. The number of carbonyl (C=O) groups is 1. The van der Waals surface area contributed by atoms with Crippen LogP contribution < -0.4 is 0 Å². The molecule has 45 heavy (non-hydrogen) atoms. The molecule has 2 fully saturated rings. The first-order valence-electron chi connectivity index (χ1n) is 16.1. The van der Waals surface area contributed by atoms with Crippen molar-refractivity contribution in [3.63, 3.8) is 0 Å². The highest BCUT2D eigenvalue weighted by atomic mass is 32.2. The molecule has 0 radical (unpaired) electrons. The van der Waals surface area contributed by atoms with Gasteiger partial charge in [-0.25, -0.2) is 16.8 Å². The highest BCUT2D eigenvalue weighted by molar-refractivity contribution is 7.89. The van der Waals surface area contributed by atoms with Crippen molar-refractivity contribution in [1.82, 2.24) is 18.4 Å². The van der Waals surface area contributed by atoms with Crippen LogP contribution in [0.2, 0.25) is 0 Å². The van der Waals surface area contributed by atoms with Crippen LogP contribution in [0.1, 0.15) is 92.1 Å². The molecule has 0 spiro atoms. The van der Waals surface area contributed by atoms with Crippen molar-refractivity contribution in [2.45, 2.75) is 93.9 Å². The zero-order chi connectivity index (χ0) is 32.4. The van der Waals surface area contributed by atoms with E-state index >= 15 is 0 Å². The van der Waals surface area contributed by atoms with Crippen molar-refractivity contribution in [3.05, 3.63) is 77.1 Å². The third-order valence-electron chi connectivity index (χ3n) is 9.54. The van der Waals surface area contributed by atoms with Crippen LogP contribution in [-0.2, 0) is 25.5 Å². The normalized spacial score (nSPS) is 18.4. The lowest BCUT2D eigenvalue weighted by Gasteiger charge is -2.44. The summed E-state index contributed by atoms with van der Waals surface area (Å²) in [6.07, 6.45) is 7.14. The number of hydrogen-bond acceptors (Lipinski definition) is 6. The summed E-state index contributed by atoms with van der Waals surface area (Å²) in [5.74, 6) is 0.0639. The molecule has 2 aromatic carbocycles. The van der Waals surface area contributed by atoms with Crippen LogP contribution in [0.5, 0.6) is 0 Å². The highest BCUT2D eigenvalue weighted by Crippen LogP contribution is 2.40. The molecule has 0 amide bonds. The molecule has 2 heterocycles. The van der Waals surface area contributed by atoms with E-state index in [-0.39, 0.29) is 36.5 Å². The Morgan fingerprint density at radius 2 is 1.56 bits per heavy atom. The van der Waals surface area contributed by atoms with Gasteiger partial charge in [-0.1, -0.05) is 75.6 Å². The Kier molecular flexibility index (Phi) is 10.0. The summed E-state index contributed by atoms with van der Waals surface area (Å²) < 4.78 is 61.5. The number of hydrogen-bond donors (Lipinski definition) is 0. The fourth-order valence-electron chi connectivity index (χ4n) is 7.18. The number of sulfonamides is 2. The first kappa shape index (κ1) is 33.5. The lowest BCUT2D eigenvalue weighted by Crippen LogP contribution is -2.52. The fraction of sp³-hybridized carbons (Fsp3) is 0.529. The summed E-state index contributed by atoms with van der Waals surface area (Å²) in [5, 5.41) is 4.72. The van der Waals surface area contributed by atoms with Crippen molar-refractivity contribution >= 4 is 26.3 Å². The van der Waals surface area contributed by atoms with Crippen molar-refractivity contribution in [3.8, 4) is 0 Å². The second-order valence-electron chi connectivity index (χ2n) is 13.2. The van der Waals surface area contributed by atoms with E-state index in [2.05, 4.69) is 0 Å². The average molecular weight is 655 g/mol. The predicted molar refractivity (Wildman–Crippen MR) is 175 cm³/mol. The monoisotopic (exact) mass is 654 g/mol. The molecule has 0 atom stereocenters. The number of piperidine rings is 1. The smallest absolute Gasteiger partial charge is 0.246 e. The first-order valence-corrected chi connectivity index (χ1v) is 18.9. The Balaban J connectivity index is 1.45. The lowest BCUT2D eigenvalue weighted by atomic mass is 9.73. The van der Waals surface area contributed by atoms with Crippen LogP contribution in [0.4, 0.5) is 0 Å². The highest BCUT2D eigenvalue weighted by Gasteiger charge is 2.44. The van der Waals surface area contributed by atoms with Gasteiger partial charge < -0.3 is 0 Å². The van der Waals surface area contributed by atoms with E-state index in [4.69, 9.17) is 5.10 Å². The maximum absolute atomic E-state index is 14.2. The zero-order valence-electron chi connectivity index (χ0n) is 26.9. The molecular formula is C34H46N4O5S2. The molecule has 0 bridgehead atoms. The Morgan fingerprint density at radius 1 is 0.933 bits per heavy atom. The molecule has 0 unspecified atom stereocenters. The zero-order valence-corrected chi connectivity index (χ0v) is 28.5. The minimum Gasteiger partial charge on any atom is -0.298 e. The molecule has 11 heteroatoms. The predicted octanol–water partition coefficient (Wildman–Crippen LogP) is 5.89. The van der Waals surface area contributed by atoms with E-state index in [1.807, 2.05) is 55.8 Å². The summed E-state index contributed by atoms with van der Waals surface area (Å²) in [7, 11) is -7.71. The van der Waals surface area contributed by atoms with E-state index in [0.717, 1.165) is 31.2 Å². The minimum atomic E-state index is -3.90. The van der Waals surface area contributed by atoms with Gasteiger partial charge in [0, 0.05) is 37.2 Å². The largest absolute Gasteiger partial charge is 0.298 e. The van der Waals surface area contributed by atoms with E-state index in [0.29, 0.717) is 47.5 Å². The molecule has 1 saturated carbocycles. The molecular weight excluding hydrogens is 609 g/mol. The third kappa shape index (κ3) is 6.82. The molecule has 5 rings (SSSR count). The van der Waals surface area contributed by atoms with Gasteiger partial charge in [-0.3, -0.25) is 9.48 Å². The number of rotatable bonds is 11. The molecule has 3 aromatic rings. The van der Waals surface area contributed by atoms with E-state index < -0.39 is 25.5 Å². The van der Waals surface area contributed by atoms with Crippen molar-refractivity contribution < 1.29 is 21.6 Å². The summed E-state index contributed by atoms with van der Waals surface area (Å²) >= 11 is 0. The standard InChI is InChI=1S/C34H46N4O5S2/c1-26(2)23-37(44(40,41)32-17-15-29(24-39)16-18-32)25-34(30-11-7-5-8-12-30)19-21-36(22-20-34)45(42,43)33-27(3)35-38(28(33)4)31-13-9-6-10-14-31/h5,7-8,11-12,15-18,24,26,31H,6,9-10,13-14,19-23,25H2,1-4H3. The third-order valence-corrected chi connectivity index (χ3v) is 13.5. The van der Waals surface area contributed by atoms with Crippen molar-refractivity contribution in [1.29, 1.82) is 0 Å². The Hall–Kier alpha value is -2.86. The number of nitrogens with zero attached hydrogens (tertiary/aromatic N) is 4. The summed E-state index contributed by atoms with van der Waals surface area (Å²) in [4.78, 5) is 11.6. The van der Waals surface area contributed by atoms with Crippen LogP contribution in [0.15, 0.2) is 64.4 Å². The minimum absolute atomic E-state index is 0.0639. The number of aromatic nitrogens is 2. The Labute approximate surface area is 268 Å². The van der Waals surface area contributed by atoms with Gasteiger partial charge in [0.2, 0.25) is 20.0 Å². The number of carbonyl (C=O) groups excluding carboxylic acids is 1. The summed E-state index contributed by atoms with van der Waals surface area (Å²) in [6, 6.07) is 16.1. The van der Waals surface area contributed by atoms with Gasteiger partial charge in [-0.2, -0.15) is 13.7 Å². The van der Waals surface area contributed by atoms with E-state index in [9.17, 15) is 21.6 Å². The molecule has 1 aromatic heterocycles. The number of aldehydes is 1. The second kappa shape index (κ2) is 13.5. The van der Waals surface area contributed by atoms with Gasteiger partial charge >= 0.3 is 0 Å². The summed E-state index contributed by atoms with van der Waals surface area (Å²) in [5.41, 5.74) is 2.06. The average Bonchev–Trinajstić information content (AvgIpc) is 3.35. The molecule has 0 N–H and O–H groups in total. The van der Waals surface area contributed by atoms with Crippen LogP contribution >= 0.6 is 0 Å². The van der Waals surface area contributed by atoms with Gasteiger partial charge in [0.1, 0.15) is 11.2 Å². The molecule has 1 saturated heterocycles. The second-order valence-corrected chi connectivity index (χ2v) is 17.0. The quantitative estimate of drug-likeness (QED) is 0.239. The van der Waals surface area contributed by atoms with Gasteiger partial charge in [-0.15, -0.1) is 0 Å². The molecule has 1 aliphatic heterocycles.